The Kier molecular flexibility index (Phi) is 10.3. The Morgan fingerprint density at radius 1 is 0.868 bits per heavy atom. The van der Waals surface area contributed by atoms with Crippen molar-refractivity contribution in [3.05, 3.63) is 60.2 Å². The predicted molar refractivity (Wildman–Crippen MR) is 152 cm³/mol. The summed E-state index contributed by atoms with van der Waals surface area (Å²) in [5.74, 6) is 1.23. The average Bonchev–Trinajstić information content (AvgIpc) is 3.23. The molecule has 7 heteroatoms. The fourth-order valence-corrected chi connectivity index (χ4v) is 5.30. The maximum atomic E-state index is 13.4. The molecule has 0 spiro atoms. The number of amides is 3. The van der Waals surface area contributed by atoms with Crippen LogP contribution in [0.1, 0.15) is 64.4 Å². The molecule has 2 saturated heterocycles. The molecule has 4 rings (SSSR count). The third-order valence-electron chi connectivity index (χ3n) is 7.48. The van der Waals surface area contributed by atoms with Crippen molar-refractivity contribution >= 4 is 17.6 Å². The number of nitrogens with one attached hydrogen (secondary N) is 2. The molecule has 0 saturated carbocycles. The third kappa shape index (κ3) is 8.40. The van der Waals surface area contributed by atoms with E-state index in [4.69, 9.17) is 4.74 Å². The normalized spacial score (nSPS) is 17.6. The van der Waals surface area contributed by atoms with Gasteiger partial charge in [0.05, 0.1) is 0 Å². The van der Waals surface area contributed by atoms with E-state index in [0.29, 0.717) is 38.1 Å². The second-order valence-corrected chi connectivity index (χ2v) is 11.1. The van der Waals surface area contributed by atoms with Crippen molar-refractivity contribution in [1.29, 1.82) is 0 Å². The smallest absolute Gasteiger partial charge is 0.318 e. The van der Waals surface area contributed by atoms with E-state index in [1.807, 2.05) is 40.1 Å². The zero-order valence-corrected chi connectivity index (χ0v) is 23.0. The summed E-state index contributed by atoms with van der Waals surface area (Å²) in [6.45, 7) is 7.72. The van der Waals surface area contributed by atoms with E-state index in [0.717, 1.165) is 55.8 Å². The van der Waals surface area contributed by atoms with Crippen LogP contribution in [-0.2, 0) is 11.4 Å². The number of hydrogen-bond donors (Lipinski definition) is 2. The lowest BCUT2D eigenvalue weighted by molar-refractivity contribution is -0.134. The Morgan fingerprint density at radius 2 is 1.53 bits per heavy atom. The van der Waals surface area contributed by atoms with E-state index in [1.54, 1.807) is 0 Å². The molecule has 2 N–H and O–H groups in total. The minimum atomic E-state index is -0.460. The largest absolute Gasteiger partial charge is 0.489 e. The van der Waals surface area contributed by atoms with Gasteiger partial charge in [0.15, 0.2) is 0 Å². The number of hydrogen-bond acceptors (Lipinski definition) is 4. The van der Waals surface area contributed by atoms with Gasteiger partial charge in [0.25, 0.3) is 0 Å². The molecular formula is C31H44N4O3. The van der Waals surface area contributed by atoms with Crippen LogP contribution < -0.4 is 15.4 Å². The number of likely N-dealkylation sites (tertiary alicyclic amines) is 2. The molecular weight excluding hydrogens is 476 g/mol. The van der Waals surface area contributed by atoms with Crippen LogP contribution in [-0.4, -0.2) is 60.0 Å². The zero-order chi connectivity index (χ0) is 26.7. The second-order valence-electron chi connectivity index (χ2n) is 11.1. The summed E-state index contributed by atoms with van der Waals surface area (Å²) in [5, 5.41) is 6.70. The lowest BCUT2D eigenvalue weighted by Gasteiger charge is -2.36. The third-order valence-corrected chi connectivity index (χ3v) is 7.48. The molecule has 0 aromatic heterocycles. The summed E-state index contributed by atoms with van der Waals surface area (Å²) >= 11 is 0. The van der Waals surface area contributed by atoms with E-state index in [9.17, 15) is 9.59 Å². The molecule has 7 nitrogen and oxygen atoms in total. The van der Waals surface area contributed by atoms with Crippen LogP contribution in [0.15, 0.2) is 54.6 Å². The van der Waals surface area contributed by atoms with Crippen LogP contribution in [0.4, 0.5) is 10.5 Å². The first-order chi connectivity index (χ1) is 18.5. The van der Waals surface area contributed by atoms with Gasteiger partial charge in [-0.3, -0.25) is 4.79 Å². The Bertz CT molecular complexity index is 996. The molecule has 3 amide bonds. The highest BCUT2D eigenvalue weighted by molar-refractivity contribution is 5.87. The average molecular weight is 521 g/mol. The number of benzene rings is 2. The number of carbonyl (C=O) groups excluding carboxylic acids is 2. The van der Waals surface area contributed by atoms with E-state index in [1.165, 1.54) is 12.8 Å². The van der Waals surface area contributed by atoms with Gasteiger partial charge in [0.2, 0.25) is 5.91 Å². The molecule has 2 fully saturated rings. The summed E-state index contributed by atoms with van der Waals surface area (Å²) < 4.78 is 5.89. The molecule has 2 aliphatic heterocycles. The van der Waals surface area contributed by atoms with Crippen LogP contribution in [0, 0.1) is 5.92 Å². The minimum Gasteiger partial charge on any atom is -0.489 e. The first-order valence-corrected chi connectivity index (χ1v) is 14.4. The molecule has 38 heavy (non-hydrogen) atoms. The van der Waals surface area contributed by atoms with Crippen molar-refractivity contribution < 1.29 is 14.3 Å². The van der Waals surface area contributed by atoms with Crippen molar-refractivity contribution in [2.45, 2.75) is 77.5 Å². The van der Waals surface area contributed by atoms with Gasteiger partial charge in [0, 0.05) is 37.9 Å². The van der Waals surface area contributed by atoms with Crippen molar-refractivity contribution in [3.8, 4) is 5.75 Å². The van der Waals surface area contributed by atoms with Gasteiger partial charge >= 0.3 is 6.03 Å². The number of nitrogens with zero attached hydrogens (tertiary/aromatic N) is 2. The van der Waals surface area contributed by atoms with E-state index in [2.05, 4.69) is 48.7 Å². The highest BCUT2D eigenvalue weighted by Gasteiger charge is 2.31. The Balaban J connectivity index is 1.24. The number of rotatable bonds is 9. The zero-order valence-electron chi connectivity index (χ0n) is 23.0. The lowest BCUT2D eigenvalue weighted by Crippen LogP contribution is -2.54. The summed E-state index contributed by atoms with van der Waals surface area (Å²) in [6, 6.07) is 18.0. The van der Waals surface area contributed by atoms with Crippen molar-refractivity contribution in [1.82, 2.24) is 15.1 Å². The van der Waals surface area contributed by atoms with Gasteiger partial charge in [0.1, 0.15) is 18.4 Å². The highest BCUT2D eigenvalue weighted by Crippen LogP contribution is 2.22. The van der Waals surface area contributed by atoms with E-state index < -0.39 is 6.04 Å². The van der Waals surface area contributed by atoms with Crippen molar-refractivity contribution in [2.75, 3.05) is 31.5 Å². The molecule has 0 aliphatic carbocycles. The summed E-state index contributed by atoms with van der Waals surface area (Å²) in [7, 11) is 0. The van der Waals surface area contributed by atoms with Crippen LogP contribution in [0.3, 0.4) is 0 Å². The van der Waals surface area contributed by atoms with Crippen LogP contribution in [0.2, 0.25) is 0 Å². The van der Waals surface area contributed by atoms with Gasteiger partial charge in [-0.15, -0.1) is 0 Å². The van der Waals surface area contributed by atoms with E-state index in [-0.39, 0.29) is 11.9 Å². The molecule has 2 aromatic rings. The van der Waals surface area contributed by atoms with Gasteiger partial charge in [-0.05, 0) is 67.9 Å². The Labute approximate surface area is 227 Å². The fourth-order valence-electron chi connectivity index (χ4n) is 5.30. The van der Waals surface area contributed by atoms with Crippen LogP contribution in [0.25, 0.3) is 0 Å². The first-order valence-electron chi connectivity index (χ1n) is 14.4. The van der Waals surface area contributed by atoms with Crippen molar-refractivity contribution in [2.24, 2.45) is 5.92 Å². The summed E-state index contributed by atoms with van der Waals surface area (Å²) in [5.41, 5.74) is 2.21. The molecule has 0 bridgehead atoms. The maximum Gasteiger partial charge on any atom is 0.318 e. The van der Waals surface area contributed by atoms with Gasteiger partial charge in [-0.1, -0.05) is 57.0 Å². The monoisotopic (exact) mass is 520 g/mol. The SMILES string of the molecule is CC(C)CC(NC(=O)N1CCCCCC1)C(=O)N1CCC(Nc2ccc(OCc3ccccc3)cc2)CC1. The fraction of sp³-hybridized carbons (Fsp3) is 0.548. The minimum absolute atomic E-state index is 0.0558. The molecule has 2 aliphatic rings. The van der Waals surface area contributed by atoms with Gasteiger partial charge in [-0.25, -0.2) is 4.79 Å². The van der Waals surface area contributed by atoms with E-state index >= 15 is 0 Å². The number of carbonyl (C=O) groups is 2. The molecule has 2 aromatic carbocycles. The predicted octanol–water partition coefficient (Wildman–Crippen LogP) is 5.67. The molecule has 1 unspecified atom stereocenters. The Morgan fingerprint density at radius 3 is 2.16 bits per heavy atom. The number of piperidine rings is 1. The molecule has 2 heterocycles. The number of anilines is 1. The topological polar surface area (TPSA) is 73.9 Å². The highest BCUT2D eigenvalue weighted by atomic mass is 16.5. The standard InChI is InChI=1S/C31H44N4O3/c1-24(2)22-29(33-31(37)35-18-8-3-4-9-19-35)30(36)34-20-16-27(17-21-34)32-26-12-14-28(15-13-26)38-23-25-10-6-5-7-11-25/h5-7,10-15,24,27,29,32H,3-4,8-9,16-23H2,1-2H3,(H,33,37). The first kappa shape index (κ1) is 27.8. The summed E-state index contributed by atoms with van der Waals surface area (Å²) in [6.07, 6.45) is 6.86. The van der Waals surface area contributed by atoms with Crippen LogP contribution in [0.5, 0.6) is 5.75 Å². The molecule has 1 atom stereocenters. The summed E-state index contributed by atoms with van der Waals surface area (Å²) in [4.78, 5) is 30.2. The second kappa shape index (κ2) is 14.1. The maximum absolute atomic E-state index is 13.4. The quantitative estimate of drug-likeness (QED) is 0.447. The molecule has 0 radical (unpaired) electrons. The van der Waals surface area contributed by atoms with Crippen LogP contribution >= 0.6 is 0 Å². The Hall–Kier alpha value is -3.22. The van der Waals surface area contributed by atoms with Crippen molar-refractivity contribution in [3.63, 3.8) is 0 Å². The van der Waals surface area contributed by atoms with Gasteiger partial charge < -0.3 is 25.2 Å². The number of ether oxygens (including phenoxy) is 1. The number of urea groups is 1. The lowest BCUT2D eigenvalue weighted by atomic mass is 9.99. The molecule has 206 valence electrons. The van der Waals surface area contributed by atoms with Gasteiger partial charge in [-0.2, -0.15) is 0 Å².